The lowest BCUT2D eigenvalue weighted by atomic mass is 9.68. The van der Waals surface area contributed by atoms with Gasteiger partial charge in [0.2, 0.25) is 0 Å². The molecular formula is C108H166O22. The molecule has 4 aromatic rings. The van der Waals surface area contributed by atoms with Crippen LogP contribution in [0.25, 0.3) is 0 Å². The van der Waals surface area contributed by atoms with Crippen molar-refractivity contribution in [1.29, 1.82) is 0 Å². The lowest BCUT2D eigenvalue weighted by molar-refractivity contribution is -0.141. The highest BCUT2D eigenvalue weighted by Gasteiger charge is 2.36. The maximum atomic E-state index is 13.1. The molecular weight excluding hydrogens is 1650 g/mol. The standard InChI is InChI=1S/C108H166O22/c1-3-5-7-31-87-33-37-89(38-34-87)91-41-45-95(46-42-91)105(111)127-99-57-61-101(62-58-99)129-107(113)97-53-49-93(50-54-97)103(109)125-85-29-27-83-123-81-25-23-79-121-77-21-19-75-119-73-17-15-71-117-69-13-11-67-115-65-9-10-66-116-68-12-14-70-118-72-16-18-74-120-76-20-22-78-122-80-24-26-82-124-84-28-30-86-126-104(110)94-51-55-98(56-52-94)108(114)130-102-63-59-100(60-64-102)128-106(112)96-47-43-92(44-48-96)90-39-35-88(36-40-90)32-8-6-4-2/h49-64,87-92,95-96H,3-48,65-86H2,1-2H3. The molecule has 0 aliphatic heterocycles. The minimum Gasteiger partial charge on any atom is -0.462 e. The molecule has 730 valence electrons. The van der Waals surface area contributed by atoms with E-state index in [1.807, 2.05) is 0 Å². The maximum Gasteiger partial charge on any atom is 0.343 e. The minimum atomic E-state index is -0.558. The zero-order valence-electron chi connectivity index (χ0n) is 79.9. The van der Waals surface area contributed by atoms with Gasteiger partial charge in [0.25, 0.3) is 0 Å². The van der Waals surface area contributed by atoms with Gasteiger partial charge < -0.3 is 75.8 Å². The Hall–Kier alpha value is -6.70. The van der Waals surface area contributed by atoms with Crippen LogP contribution in [0.5, 0.6) is 23.0 Å². The van der Waals surface area contributed by atoms with E-state index in [9.17, 15) is 28.8 Å². The molecule has 0 heterocycles. The third-order valence-corrected chi connectivity index (χ3v) is 26.3. The van der Waals surface area contributed by atoms with Crippen molar-refractivity contribution in [1.82, 2.24) is 0 Å². The quantitative estimate of drug-likeness (QED) is 0.0226. The largest absolute Gasteiger partial charge is 0.462 e. The number of unbranched alkanes of at least 4 members (excludes halogenated alkanes) is 15. The first-order chi connectivity index (χ1) is 64.0. The summed E-state index contributed by atoms with van der Waals surface area (Å²) in [7, 11) is 0. The zero-order valence-corrected chi connectivity index (χ0v) is 79.9. The van der Waals surface area contributed by atoms with E-state index in [0.717, 1.165) is 321 Å². The molecule has 0 atom stereocenters. The number of esters is 6. The van der Waals surface area contributed by atoms with Gasteiger partial charge in [0.15, 0.2) is 0 Å². The van der Waals surface area contributed by atoms with Gasteiger partial charge in [0.1, 0.15) is 23.0 Å². The Labute approximate surface area is 780 Å². The van der Waals surface area contributed by atoms with Crippen LogP contribution in [0.3, 0.4) is 0 Å². The van der Waals surface area contributed by atoms with E-state index in [2.05, 4.69) is 13.8 Å². The summed E-state index contributed by atoms with van der Waals surface area (Å²) in [5.74, 6) is 3.97. The fourth-order valence-electron chi connectivity index (χ4n) is 18.1. The molecule has 4 saturated carbocycles. The summed E-state index contributed by atoms with van der Waals surface area (Å²) in [6.45, 7) is 19.7. The summed E-state index contributed by atoms with van der Waals surface area (Å²) in [6, 6.07) is 25.5. The number of carbonyl (C=O) groups is 6. The van der Waals surface area contributed by atoms with Gasteiger partial charge >= 0.3 is 35.8 Å². The fraction of sp³-hybridized carbons (Fsp3) is 0.722. The van der Waals surface area contributed by atoms with Gasteiger partial charge in [-0.2, -0.15) is 0 Å². The number of ether oxygens (including phenoxy) is 16. The van der Waals surface area contributed by atoms with E-state index in [4.69, 9.17) is 75.8 Å². The van der Waals surface area contributed by atoms with E-state index in [1.165, 1.54) is 103 Å². The average molecular weight is 1820 g/mol. The summed E-state index contributed by atoms with van der Waals surface area (Å²) in [5, 5.41) is 0. The van der Waals surface area contributed by atoms with Crippen molar-refractivity contribution in [2.75, 3.05) is 145 Å². The summed E-state index contributed by atoms with van der Waals surface area (Å²) < 4.78 is 91.6. The Morgan fingerprint density at radius 3 is 0.600 bits per heavy atom. The number of benzene rings is 4. The average Bonchev–Trinajstić information content (AvgIpc) is 0.854. The minimum absolute atomic E-state index is 0.0725. The fourth-order valence-corrected chi connectivity index (χ4v) is 18.1. The lowest BCUT2D eigenvalue weighted by Gasteiger charge is -2.37. The van der Waals surface area contributed by atoms with Gasteiger partial charge in [-0.1, -0.05) is 90.9 Å². The predicted molar refractivity (Wildman–Crippen MR) is 507 cm³/mol. The second-order valence-electron chi connectivity index (χ2n) is 36.7. The molecule has 0 bridgehead atoms. The Morgan fingerprint density at radius 2 is 0.392 bits per heavy atom. The van der Waals surface area contributed by atoms with Crippen LogP contribution in [0.15, 0.2) is 97.1 Å². The molecule has 4 aliphatic carbocycles. The molecule has 0 saturated heterocycles. The Morgan fingerprint density at radius 1 is 0.208 bits per heavy atom. The number of carbonyl (C=O) groups excluding carboxylic acids is 6. The van der Waals surface area contributed by atoms with Crippen molar-refractivity contribution in [3.8, 4) is 23.0 Å². The smallest absolute Gasteiger partial charge is 0.343 e. The predicted octanol–water partition coefficient (Wildman–Crippen LogP) is 24.1. The summed E-state index contributed by atoms with van der Waals surface area (Å²) in [4.78, 5) is 77.4. The topological polar surface area (TPSA) is 250 Å². The molecule has 0 N–H and O–H groups in total. The van der Waals surface area contributed by atoms with Crippen LogP contribution in [0.4, 0.5) is 0 Å². The van der Waals surface area contributed by atoms with E-state index in [0.29, 0.717) is 84.5 Å². The van der Waals surface area contributed by atoms with Crippen molar-refractivity contribution >= 4 is 35.8 Å². The van der Waals surface area contributed by atoms with Crippen molar-refractivity contribution in [3.63, 3.8) is 0 Å². The first kappa shape index (κ1) is 109. The van der Waals surface area contributed by atoms with Gasteiger partial charge in [-0.15, -0.1) is 0 Å². The third-order valence-electron chi connectivity index (χ3n) is 26.3. The Kier molecular flexibility index (Phi) is 59.3. The van der Waals surface area contributed by atoms with Crippen LogP contribution in [-0.2, 0) is 66.4 Å². The molecule has 0 spiro atoms. The molecule has 22 heteroatoms. The second-order valence-corrected chi connectivity index (χ2v) is 36.7. The lowest BCUT2D eigenvalue weighted by Crippen LogP contribution is -2.30. The van der Waals surface area contributed by atoms with Crippen LogP contribution in [-0.4, -0.2) is 181 Å². The molecule has 8 rings (SSSR count). The van der Waals surface area contributed by atoms with E-state index in [1.54, 1.807) is 97.1 Å². The highest BCUT2D eigenvalue weighted by molar-refractivity contribution is 5.95. The Bertz CT molecular complexity index is 3290. The van der Waals surface area contributed by atoms with E-state index >= 15 is 0 Å². The first-order valence-electron chi connectivity index (χ1n) is 51.4. The highest BCUT2D eigenvalue weighted by Crippen LogP contribution is 2.45. The van der Waals surface area contributed by atoms with Crippen molar-refractivity contribution < 1.29 is 105 Å². The molecule has 4 fully saturated rings. The summed E-state index contributed by atoms with van der Waals surface area (Å²) >= 11 is 0. The molecule has 22 nitrogen and oxygen atoms in total. The second kappa shape index (κ2) is 70.9. The SMILES string of the molecule is CCCCCC1CCC(C2CCC(C(=O)Oc3ccc(OC(=O)c4ccc(C(=O)OCCCCOCCCCOCCCCOCCCCOCCCCOCCCCOCCCCOCCCCOCCCCOCCCCOCCCCOC(=O)c5ccc(C(=O)Oc6ccc(OC(=O)C7CCC(C8CCC(CCCCC)CC8)CC7)cc6)cc5)cc4)cc3)CC2)CC1. The monoisotopic (exact) mass is 1820 g/mol. The van der Waals surface area contributed by atoms with Gasteiger partial charge in [0, 0.05) is 132 Å². The van der Waals surface area contributed by atoms with Crippen molar-refractivity contribution in [2.24, 2.45) is 47.3 Å². The number of hydrogen-bond donors (Lipinski definition) is 0. The molecule has 4 aromatic carbocycles. The maximum absolute atomic E-state index is 13.1. The van der Waals surface area contributed by atoms with E-state index in [-0.39, 0.29) is 37.0 Å². The third kappa shape index (κ3) is 48.5. The van der Waals surface area contributed by atoms with Crippen LogP contribution in [0.2, 0.25) is 0 Å². The van der Waals surface area contributed by atoms with E-state index < -0.39 is 23.9 Å². The molecule has 130 heavy (non-hydrogen) atoms. The molecule has 0 unspecified atom stereocenters. The molecule has 0 radical (unpaired) electrons. The molecule has 0 amide bonds. The van der Waals surface area contributed by atoms with Crippen LogP contribution in [0.1, 0.15) is 351 Å². The highest BCUT2D eigenvalue weighted by atomic mass is 16.6. The van der Waals surface area contributed by atoms with Crippen LogP contribution >= 0.6 is 0 Å². The summed E-state index contributed by atoms with van der Waals surface area (Å²) in [5.41, 5.74) is 1.31. The van der Waals surface area contributed by atoms with Gasteiger partial charge in [0.05, 0.1) is 47.3 Å². The van der Waals surface area contributed by atoms with Crippen LogP contribution < -0.4 is 18.9 Å². The first-order valence-corrected chi connectivity index (χ1v) is 51.4. The van der Waals surface area contributed by atoms with Crippen LogP contribution in [0, 0.1) is 47.3 Å². The summed E-state index contributed by atoms with van der Waals surface area (Å²) in [6.07, 6.45) is 50.4. The number of hydrogen-bond acceptors (Lipinski definition) is 22. The van der Waals surface area contributed by atoms with Crippen molar-refractivity contribution in [3.05, 3.63) is 119 Å². The molecule has 4 aliphatic rings. The number of rotatable bonds is 75. The van der Waals surface area contributed by atoms with Gasteiger partial charge in [-0.25, -0.2) is 19.2 Å². The van der Waals surface area contributed by atoms with Gasteiger partial charge in [-0.3, -0.25) is 9.59 Å². The van der Waals surface area contributed by atoms with Gasteiger partial charge in [-0.05, 0) is 351 Å². The zero-order chi connectivity index (χ0) is 91.4. The normalized spacial score (nSPS) is 18.8. The van der Waals surface area contributed by atoms with Crippen molar-refractivity contribution in [2.45, 2.75) is 309 Å². The molecule has 0 aromatic heterocycles. The Balaban J connectivity index is 0.455.